The van der Waals surface area contributed by atoms with Crippen molar-refractivity contribution in [2.24, 2.45) is 0 Å². The van der Waals surface area contributed by atoms with Crippen LogP contribution in [-0.2, 0) is 6.54 Å². The van der Waals surface area contributed by atoms with Gasteiger partial charge in [-0.3, -0.25) is 14.6 Å². The molecule has 0 radical (unpaired) electrons. The molecule has 1 saturated heterocycles. The number of hydrogen-bond donors (Lipinski definition) is 1. The molecule has 1 amide bonds. The Kier molecular flexibility index (Phi) is 4.00. The molecule has 6 heteroatoms. The molecule has 2 aromatic heterocycles. The lowest BCUT2D eigenvalue weighted by Crippen LogP contribution is -2.39. The zero-order valence-corrected chi connectivity index (χ0v) is 13.5. The van der Waals surface area contributed by atoms with E-state index in [1.807, 2.05) is 35.7 Å². The minimum atomic E-state index is 0.0390. The Morgan fingerprint density at radius 3 is 2.91 bits per heavy atom. The SMILES string of the molecule is CCn1nc(C(=O)N2CCCC(c3[nH]ncc3C)C2)cc1C. The van der Waals surface area contributed by atoms with Crippen molar-refractivity contribution in [2.45, 2.75) is 46.1 Å². The first-order valence-corrected chi connectivity index (χ1v) is 7.93. The molecule has 118 valence electrons. The molecule has 0 spiro atoms. The van der Waals surface area contributed by atoms with Gasteiger partial charge in [-0.25, -0.2) is 0 Å². The Hall–Kier alpha value is -2.11. The van der Waals surface area contributed by atoms with E-state index in [1.165, 1.54) is 5.56 Å². The van der Waals surface area contributed by atoms with Gasteiger partial charge in [-0.05, 0) is 45.2 Å². The molecular formula is C16H23N5O. The van der Waals surface area contributed by atoms with Crippen LogP contribution in [0.4, 0.5) is 0 Å². The predicted octanol–water partition coefficient (Wildman–Crippen LogP) is 2.26. The number of carbonyl (C=O) groups excluding carboxylic acids is 1. The second-order valence-electron chi connectivity index (χ2n) is 6.04. The van der Waals surface area contributed by atoms with Crippen LogP contribution in [0.25, 0.3) is 0 Å². The smallest absolute Gasteiger partial charge is 0.274 e. The first-order valence-electron chi connectivity index (χ1n) is 7.93. The van der Waals surface area contributed by atoms with Crippen LogP contribution < -0.4 is 0 Å². The highest BCUT2D eigenvalue weighted by Crippen LogP contribution is 2.28. The van der Waals surface area contributed by atoms with Crippen LogP contribution in [0.3, 0.4) is 0 Å². The molecule has 0 aromatic carbocycles. The summed E-state index contributed by atoms with van der Waals surface area (Å²) < 4.78 is 1.87. The number of aromatic amines is 1. The zero-order valence-electron chi connectivity index (χ0n) is 13.5. The summed E-state index contributed by atoms with van der Waals surface area (Å²) in [5.74, 6) is 0.381. The van der Waals surface area contributed by atoms with Crippen molar-refractivity contribution in [1.29, 1.82) is 0 Å². The van der Waals surface area contributed by atoms with Crippen LogP contribution in [0.15, 0.2) is 12.3 Å². The number of nitrogens with one attached hydrogen (secondary N) is 1. The summed E-state index contributed by atoms with van der Waals surface area (Å²) in [5.41, 5.74) is 3.92. The molecule has 0 bridgehead atoms. The maximum Gasteiger partial charge on any atom is 0.274 e. The first-order chi connectivity index (χ1) is 10.6. The van der Waals surface area contributed by atoms with Crippen LogP contribution in [0, 0.1) is 13.8 Å². The molecule has 22 heavy (non-hydrogen) atoms. The van der Waals surface area contributed by atoms with Crippen molar-refractivity contribution in [3.05, 3.63) is 34.9 Å². The third kappa shape index (κ3) is 2.65. The number of aryl methyl sites for hydroxylation is 3. The quantitative estimate of drug-likeness (QED) is 0.945. The van der Waals surface area contributed by atoms with E-state index in [0.717, 1.165) is 43.9 Å². The molecule has 1 aliphatic rings. The van der Waals surface area contributed by atoms with E-state index in [4.69, 9.17) is 0 Å². The van der Waals surface area contributed by atoms with Crippen molar-refractivity contribution in [3.63, 3.8) is 0 Å². The van der Waals surface area contributed by atoms with Gasteiger partial charge in [0.25, 0.3) is 5.91 Å². The van der Waals surface area contributed by atoms with Gasteiger partial charge in [-0.15, -0.1) is 0 Å². The monoisotopic (exact) mass is 301 g/mol. The number of aromatic nitrogens is 4. The molecule has 1 atom stereocenters. The summed E-state index contributed by atoms with van der Waals surface area (Å²) in [7, 11) is 0. The van der Waals surface area contributed by atoms with Gasteiger partial charge in [0, 0.05) is 36.9 Å². The van der Waals surface area contributed by atoms with E-state index >= 15 is 0 Å². The summed E-state index contributed by atoms with van der Waals surface area (Å²) in [6.07, 6.45) is 3.96. The van der Waals surface area contributed by atoms with Gasteiger partial charge in [0.15, 0.2) is 5.69 Å². The van der Waals surface area contributed by atoms with Gasteiger partial charge in [0.1, 0.15) is 0 Å². The lowest BCUT2D eigenvalue weighted by Gasteiger charge is -2.32. The third-order valence-corrected chi connectivity index (χ3v) is 4.48. The first kappa shape index (κ1) is 14.8. The van der Waals surface area contributed by atoms with Crippen molar-refractivity contribution < 1.29 is 4.79 Å². The number of amides is 1. The van der Waals surface area contributed by atoms with Crippen molar-refractivity contribution in [3.8, 4) is 0 Å². The van der Waals surface area contributed by atoms with Gasteiger partial charge >= 0.3 is 0 Å². The highest BCUT2D eigenvalue weighted by molar-refractivity contribution is 5.92. The van der Waals surface area contributed by atoms with E-state index in [2.05, 4.69) is 22.2 Å². The third-order valence-electron chi connectivity index (χ3n) is 4.48. The molecule has 1 aliphatic heterocycles. The van der Waals surface area contributed by atoms with Crippen LogP contribution in [-0.4, -0.2) is 43.9 Å². The highest BCUT2D eigenvalue weighted by atomic mass is 16.2. The molecule has 0 saturated carbocycles. The number of H-pyrrole nitrogens is 1. The Bertz CT molecular complexity index is 672. The maximum atomic E-state index is 12.7. The number of likely N-dealkylation sites (tertiary alicyclic amines) is 1. The summed E-state index contributed by atoms with van der Waals surface area (Å²) >= 11 is 0. The van der Waals surface area contributed by atoms with Crippen LogP contribution >= 0.6 is 0 Å². The van der Waals surface area contributed by atoms with E-state index in [-0.39, 0.29) is 5.91 Å². The summed E-state index contributed by atoms with van der Waals surface area (Å²) in [5, 5.41) is 11.6. The molecule has 6 nitrogen and oxygen atoms in total. The van der Waals surface area contributed by atoms with Crippen LogP contribution in [0.5, 0.6) is 0 Å². The number of nitrogens with zero attached hydrogens (tertiary/aromatic N) is 4. The van der Waals surface area contributed by atoms with E-state index in [1.54, 1.807) is 0 Å². The Labute approximate surface area is 130 Å². The zero-order chi connectivity index (χ0) is 15.7. The normalized spacial score (nSPS) is 18.7. The van der Waals surface area contributed by atoms with Gasteiger partial charge in [0.2, 0.25) is 0 Å². The second kappa shape index (κ2) is 5.94. The van der Waals surface area contributed by atoms with E-state index < -0.39 is 0 Å². The van der Waals surface area contributed by atoms with Crippen molar-refractivity contribution in [1.82, 2.24) is 24.9 Å². The standard InChI is InChI=1S/C16H23N5O/c1-4-21-12(3)8-14(19-21)16(22)20-7-5-6-13(10-20)15-11(2)9-17-18-15/h8-9,13H,4-7,10H2,1-3H3,(H,17,18). The minimum absolute atomic E-state index is 0.0390. The lowest BCUT2D eigenvalue weighted by atomic mass is 9.93. The largest absolute Gasteiger partial charge is 0.337 e. The fraction of sp³-hybridized carbons (Fsp3) is 0.562. The maximum absolute atomic E-state index is 12.7. The van der Waals surface area contributed by atoms with Gasteiger partial charge < -0.3 is 4.90 Å². The Morgan fingerprint density at radius 1 is 1.45 bits per heavy atom. The Balaban J connectivity index is 1.76. The molecule has 3 heterocycles. The van der Waals surface area contributed by atoms with Gasteiger partial charge in [-0.2, -0.15) is 10.2 Å². The molecule has 1 unspecified atom stereocenters. The molecular weight excluding hydrogens is 278 g/mol. The van der Waals surface area contributed by atoms with Gasteiger partial charge in [0.05, 0.1) is 6.20 Å². The fourth-order valence-corrected chi connectivity index (χ4v) is 3.26. The van der Waals surface area contributed by atoms with E-state index in [9.17, 15) is 4.79 Å². The predicted molar refractivity (Wildman–Crippen MR) is 83.8 cm³/mol. The average Bonchev–Trinajstić information content (AvgIpc) is 3.12. The molecule has 2 aromatic rings. The number of piperidine rings is 1. The Morgan fingerprint density at radius 2 is 2.27 bits per heavy atom. The topological polar surface area (TPSA) is 66.8 Å². The molecule has 0 aliphatic carbocycles. The summed E-state index contributed by atoms with van der Waals surface area (Å²) in [6.45, 7) is 8.41. The highest BCUT2D eigenvalue weighted by Gasteiger charge is 2.28. The molecule has 1 N–H and O–H groups in total. The lowest BCUT2D eigenvalue weighted by molar-refractivity contribution is 0.0698. The molecule has 3 rings (SSSR count). The minimum Gasteiger partial charge on any atom is -0.337 e. The van der Waals surface area contributed by atoms with Crippen LogP contribution in [0.1, 0.15) is 53.1 Å². The average molecular weight is 301 g/mol. The van der Waals surface area contributed by atoms with E-state index in [0.29, 0.717) is 11.6 Å². The van der Waals surface area contributed by atoms with Crippen LogP contribution in [0.2, 0.25) is 0 Å². The van der Waals surface area contributed by atoms with Crippen molar-refractivity contribution in [2.75, 3.05) is 13.1 Å². The van der Waals surface area contributed by atoms with Crippen molar-refractivity contribution >= 4 is 5.91 Å². The molecule has 1 fully saturated rings. The second-order valence-corrected chi connectivity index (χ2v) is 6.04. The summed E-state index contributed by atoms with van der Waals surface area (Å²) in [6, 6.07) is 1.89. The summed E-state index contributed by atoms with van der Waals surface area (Å²) in [4.78, 5) is 14.6. The number of hydrogen-bond acceptors (Lipinski definition) is 3. The number of rotatable bonds is 3. The number of carbonyl (C=O) groups is 1. The van der Waals surface area contributed by atoms with Gasteiger partial charge in [-0.1, -0.05) is 0 Å². The fourth-order valence-electron chi connectivity index (χ4n) is 3.26.